The lowest BCUT2D eigenvalue weighted by Crippen LogP contribution is -2.43. The van der Waals surface area contributed by atoms with E-state index < -0.39 is 24.4 Å². The van der Waals surface area contributed by atoms with Crippen molar-refractivity contribution in [2.24, 2.45) is 0 Å². The van der Waals surface area contributed by atoms with Crippen LogP contribution >= 0.6 is 11.6 Å². The quantitative estimate of drug-likeness (QED) is 0.493. The molecular formula is C21H19ClN2O5. The molecule has 7 nitrogen and oxygen atoms in total. The lowest BCUT2D eigenvalue weighted by Gasteiger charge is -2.08. The van der Waals surface area contributed by atoms with Gasteiger partial charge in [-0.15, -0.1) is 0 Å². The molecule has 0 fully saturated rings. The van der Waals surface area contributed by atoms with Gasteiger partial charge in [0, 0.05) is 21.5 Å². The zero-order valence-electron chi connectivity index (χ0n) is 15.9. The number of hydrogen-bond donors (Lipinski definition) is 2. The van der Waals surface area contributed by atoms with Gasteiger partial charge in [-0.2, -0.15) is 0 Å². The second kappa shape index (κ2) is 8.79. The van der Waals surface area contributed by atoms with Crippen molar-refractivity contribution in [1.29, 1.82) is 0 Å². The Balaban J connectivity index is 1.48. The molecule has 150 valence electrons. The van der Waals surface area contributed by atoms with E-state index in [9.17, 15) is 14.4 Å². The number of nitrogens with one attached hydrogen (secondary N) is 2. The van der Waals surface area contributed by atoms with E-state index in [1.807, 2.05) is 26.0 Å². The smallest absolute Gasteiger partial charge is 0.310 e. The predicted octanol–water partition coefficient (Wildman–Crippen LogP) is 3.25. The molecule has 8 heteroatoms. The molecule has 0 spiro atoms. The van der Waals surface area contributed by atoms with Gasteiger partial charge in [0.2, 0.25) is 0 Å². The van der Waals surface area contributed by atoms with Crippen molar-refractivity contribution in [2.75, 3.05) is 6.61 Å². The lowest BCUT2D eigenvalue weighted by molar-refractivity contribution is -0.148. The van der Waals surface area contributed by atoms with Crippen molar-refractivity contribution in [1.82, 2.24) is 10.9 Å². The molecule has 0 radical (unpaired) electrons. The summed E-state index contributed by atoms with van der Waals surface area (Å²) < 4.78 is 10.5. The summed E-state index contributed by atoms with van der Waals surface area (Å²) in [6.07, 6.45) is 1.49. The van der Waals surface area contributed by atoms with Gasteiger partial charge >= 0.3 is 5.97 Å². The summed E-state index contributed by atoms with van der Waals surface area (Å²) in [6.45, 7) is 3.41. The first-order valence-corrected chi connectivity index (χ1v) is 9.19. The van der Waals surface area contributed by atoms with E-state index in [0.717, 1.165) is 22.1 Å². The normalized spacial score (nSPS) is 10.6. The third-order valence-corrected chi connectivity index (χ3v) is 4.71. The molecule has 0 saturated heterocycles. The van der Waals surface area contributed by atoms with E-state index >= 15 is 0 Å². The third-order valence-electron chi connectivity index (χ3n) is 4.46. The van der Waals surface area contributed by atoms with Gasteiger partial charge in [-0.3, -0.25) is 25.2 Å². The summed E-state index contributed by atoms with van der Waals surface area (Å²) >= 11 is 5.76. The summed E-state index contributed by atoms with van der Waals surface area (Å²) in [4.78, 5) is 35.7. The third kappa shape index (κ3) is 4.94. The fourth-order valence-corrected chi connectivity index (χ4v) is 2.84. The van der Waals surface area contributed by atoms with E-state index in [4.69, 9.17) is 20.8 Å². The van der Waals surface area contributed by atoms with Crippen LogP contribution in [-0.2, 0) is 20.7 Å². The molecule has 1 aromatic heterocycles. The van der Waals surface area contributed by atoms with Crippen molar-refractivity contribution in [3.63, 3.8) is 0 Å². The lowest BCUT2D eigenvalue weighted by atomic mass is 10.0. The number of fused-ring (bicyclic) bond motifs is 1. The van der Waals surface area contributed by atoms with Crippen LogP contribution < -0.4 is 10.9 Å². The van der Waals surface area contributed by atoms with Gasteiger partial charge in [0.05, 0.1) is 12.7 Å². The van der Waals surface area contributed by atoms with Crippen molar-refractivity contribution in [2.45, 2.75) is 20.3 Å². The maximum atomic E-state index is 12.1. The summed E-state index contributed by atoms with van der Waals surface area (Å²) in [6, 6.07) is 10.00. The highest BCUT2D eigenvalue weighted by Crippen LogP contribution is 2.26. The Morgan fingerprint density at radius 2 is 1.76 bits per heavy atom. The molecule has 0 unspecified atom stereocenters. The Kier molecular flexibility index (Phi) is 6.19. The molecule has 0 aliphatic rings. The van der Waals surface area contributed by atoms with Crippen LogP contribution in [-0.4, -0.2) is 24.4 Å². The number of benzene rings is 2. The minimum absolute atomic E-state index is 0.0279. The number of esters is 1. The zero-order valence-corrected chi connectivity index (χ0v) is 16.6. The van der Waals surface area contributed by atoms with Crippen LogP contribution in [0.25, 0.3) is 11.0 Å². The second-order valence-electron chi connectivity index (χ2n) is 6.49. The number of hydrazine groups is 1. The topological polar surface area (TPSA) is 97.6 Å². The molecule has 0 saturated carbocycles. The minimum Gasteiger partial charge on any atom is -0.464 e. The van der Waals surface area contributed by atoms with Crippen LogP contribution in [0.1, 0.15) is 27.0 Å². The number of halogens is 1. The molecule has 0 atom stereocenters. The first-order valence-electron chi connectivity index (χ1n) is 8.82. The number of amides is 2. The summed E-state index contributed by atoms with van der Waals surface area (Å²) in [7, 11) is 0. The van der Waals surface area contributed by atoms with Gasteiger partial charge in [-0.05, 0) is 49.2 Å². The van der Waals surface area contributed by atoms with Crippen LogP contribution in [0, 0.1) is 13.8 Å². The van der Waals surface area contributed by atoms with Gasteiger partial charge in [0.25, 0.3) is 11.8 Å². The van der Waals surface area contributed by atoms with Crippen LogP contribution in [0.3, 0.4) is 0 Å². The summed E-state index contributed by atoms with van der Waals surface area (Å²) in [5.41, 5.74) is 8.27. The van der Waals surface area contributed by atoms with E-state index in [2.05, 4.69) is 10.9 Å². The molecule has 2 amide bonds. The number of carbonyl (C=O) groups is 3. The number of carbonyl (C=O) groups excluding carboxylic acids is 3. The number of ether oxygens (including phenoxy) is 1. The Morgan fingerprint density at radius 1 is 1.03 bits per heavy atom. The van der Waals surface area contributed by atoms with Crippen molar-refractivity contribution in [3.05, 3.63) is 69.9 Å². The second-order valence-corrected chi connectivity index (χ2v) is 6.93. The van der Waals surface area contributed by atoms with Gasteiger partial charge in [0.1, 0.15) is 5.58 Å². The molecule has 0 aliphatic heterocycles. The fraction of sp³-hybridized carbons (Fsp3) is 0.190. The van der Waals surface area contributed by atoms with E-state index in [-0.39, 0.29) is 6.42 Å². The van der Waals surface area contributed by atoms with Crippen molar-refractivity contribution in [3.8, 4) is 0 Å². The van der Waals surface area contributed by atoms with Gasteiger partial charge < -0.3 is 9.15 Å². The first-order chi connectivity index (χ1) is 13.8. The summed E-state index contributed by atoms with van der Waals surface area (Å²) in [5.74, 6) is -1.76. The van der Waals surface area contributed by atoms with E-state index in [0.29, 0.717) is 16.1 Å². The SMILES string of the molecule is Cc1ccc2c(CC(=O)OCC(=O)NNC(=O)c3ccc(Cl)cc3)coc2c1C. The highest BCUT2D eigenvalue weighted by atomic mass is 35.5. The molecule has 1 heterocycles. The Hall–Kier alpha value is -3.32. The Labute approximate surface area is 171 Å². The van der Waals surface area contributed by atoms with Crippen LogP contribution in [0.4, 0.5) is 0 Å². The van der Waals surface area contributed by atoms with Gasteiger partial charge in [0.15, 0.2) is 6.61 Å². The largest absolute Gasteiger partial charge is 0.464 e. The molecular weight excluding hydrogens is 396 g/mol. The van der Waals surface area contributed by atoms with Crippen LogP contribution in [0.5, 0.6) is 0 Å². The van der Waals surface area contributed by atoms with Crippen molar-refractivity contribution >= 4 is 40.4 Å². The maximum Gasteiger partial charge on any atom is 0.310 e. The Morgan fingerprint density at radius 3 is 2.48 bits per heavy atom. The molecule has 3 rings (SSSR count). The van der Waals surface area contributed by atoms with Gasteiger partial charge in [-0.25, -0.2) is 0 Å². The number of hydrogen-bond acceptors (Lipinski definition) is 5. The maximum absolute atomic E-state index is 12.1. The molecule has 0 aliphatic carbocycles. The average molecular weight is 415 g/mol. The monoisotopic (exact) mass is 414 g/mol. The standard InChI is InChI=1S/C21H19ClN2O5/c1-12-3-8-17-15(10-29-20(17)13(12)2)9-19(26)28-11-18(25)23-24-21(27)14-4-6-16(22)7-5-14/h3-8,10H,9,11H2,1-2H3,(H,23,25)(H,24,27). The molecule has 2 aromatic carbocycles. The molecule has 3 aromatic rings. The van der Waals surface area contributed by atoms with E-state index in [1.54, 1.807) is 12.1 Å². The number of rotatable bonds is 5. The highest BCUT2D eigenvalue weighted by Gasteiger charge is 2.15. The molecule has 29 heavy (non-hydrogen) atoms. The highest BCUT2D eigenvalue weighted by molar-refractivity contribution is 6.30. The first kappa shape index (κ1) is 20.4. The van der Waals surface area contributed by atoms with E-state index in [1.165, 1.54) is 18.4 Å². The van der Waals surface area contributed by atoms with Gasteiger partial charge in [-0.1, -0.05) is 23.7 Å². The summed E-state index contributed by atoms with van der Waals surface area (Å²) in [5, 5.41) is 1.33. The minimum atomic E-state index is -0.663. The zero-order chi connectivity index (χ0) is 21.0. The molecule has 0 bridgehead atoms. The fourth-order valence-electron chi connectivity index (χ4n) is 2.71. The predicted molar refractivity (Wildman–Crippen MR) is 107 cm³/mol. The number of furan rings is 1. The molecule has 2 N–H and O–H groups in total. The Bertz CT molecular complexity index is 1070. The number of aryl methyl sites for hydroxylation is 2. The van der Waals surface area contributed by atoms with Crippen molar-refractivity contribution < 1.29 is 23.5 Å². The van der Waals surface area contributed by atoms with Crippen LogP contribution in [0.2, 0.25) is 5.02 Å². The average Bonchev–Trinajstić information content (AvgIpc) is 3.11. The van der Waals surface area contributed by atoms with Crippen LogP contribution in [0.15, 0.2) is 47.1 Å².